The van der Waals surface area contributed by atoms with E-state index in [-0.39, 0.29) is 114 Å². The van der Waals surface area contributed by atoms with Gasteiger partial charge in [0.05, 0.1) is 0 Å². The first-order valence-electron chi connectivity index (χ1n) is 18.7. The number of nitrogens with zero attached hydrogens (tertiary/aromatic N) is 3. The van der Waals surface area contributed by atoms with Crippen LogP contribution < -0.4 is 85.8 Å². The number of halogens is 5. The van der Waals surface area contributed by atoms with Crippen molar-refractivity contribution in [3.05, 3.63) is 129 Å². The third-order valence-electron chi connectivity index (χ3n) is 8.72. The average Bonchev–Trinajstić information content (AvgIpc) is 4.21. The van der Waals surface area contributed by atoms with Crippen molar-refractivity contribution in [2.45, 2.75) is 59.3 Å². The van der Waals surface area contributed by atoms with Gasteiger partial charge in [-0.25, -0.2) is 4.99 Å². The summed E-state index contributed by atoms with van der Waals surface area (Å²) in [7, 11) is -0.0245. The summed E-state index contributed by atoms with van der Waals surface area (Å²) in [5.41, 5.74) is 16.5. The van der Waals surface area contributed by atoms with Crippen LogP contribution in [-0.4, -0.2) is 66.2 Å². The van der Waals surface area contributed by atoms with Crippen LogP contribution in [0.2, 0.25) is 0 Å². The van der Waals surface area contributed by atoms with Gasteiger partial charge in [-0.2, -0.15) is 28.5 Å². The SMILES string of the molecule is C.C.C#CC1CC1.CN1C(=O)C(c2ccc(OC(F)F)cc2)(c2cccc(C#CC3CC3)c2)N=C1N.CN=C(N)N.O=C(C(=O)c1cccc(Br)c1)c1ccc(OC(F)F)cc1.O=[S-](=O)[O-].[Na+].[Na+]. The Kier molecular flexibility index (Phi) is 30.9. The van der Waals surface area contributed by atoms with Crippen molar-refractivity contribution < 1.29 is 114 Å². The number of ether oxygens (including phenoxy) is 2. The number of Topliss-reactive ketones (excluding diaryl/α,β-unsaturated/α-hetero) is 2. The standard InChI is InChI=1S/C22H19F2N3O2.C15H9BrF2O3.C5H6.C2H7N3.2CH4.2Na.O3S/c1-27-19(28)22(26-21(27)25,16-9-11-18(12-10-16)29-20(23)24)17-4-2-3-15(13-17)8-7-14-5-6-14;16-11-3-1-2-10(8-11)14(20)13(19)9-4-6-12(7-5-9)21-15(17)18;1-2-5-3-4-5;1-5-2(3)4;;;;;1-4(2)3/h2-4,9-14,20H,5-6H2,1H3,(H2,25,26);1-8,15H;1,5H,3-4H2;1H3,(H4,3,4,5);2*1H4;;;/q;;;;;;2*+1;-2. The molecule has 1 heterocycles. The molecule has 6 N–H and O–H groups in total. The van der Waals surface area contributed by atoms with E-state index in [1.165, 1.54) is 73.3 Å². The number of alkyl halides is 4. The smallest absolute Gasteiger partial charge is 0.917 e. The third kappa shape index (κ3) is 21.7. The fraction of sp³-hybridized carbons (Fsp3) is 0.283. The van der Waals surface area contributed by atoms with E-state index in [0.717, 1.165) is 18.4 Å². The van der Waals surface area contributed by atoms with Gasteiger partial charge in [0.1, 0.15) is 11.5 Å². The van der Waals surface area contributed by atoms with Crippen molar-refractivity contribution in [1.82, 2.24) is 4.90 Å². The van der Waals surface area contributed by atoms with Gasteiger partial charge < -0.3 is 39.6 Å². The molecule has 1 amide bonds. The number of hydrogen-bond donors (Lipinski definition) is 3. The number of guanidine groups is 2. The van der Waals surface area contributed by atoms with Crippen molar-refractivity contribution in [2.24, 2.45) is 39.0 Å². The second-order valence-corrected chi connectivity index (χ2v) is 14.8. The van der Waals surface area contributed by atoms with Crippen LogP contribution in [0.25, 0.3) is 0 Å². The fourth-order valence-corrected chi connectivity index (χ4v) is 5.63. The van der Waals surface area contributed by atoms with Crippen LogP contribution in [0.1, 0.15) is 77.9 Å². The summed E-state index contributed by atoms with van der Waals surface area (Å²) in [6.45, 7) is -5.86. The molecule has 2 fully saturated rings. The first-order chi connectivity index (χ1) is 30.3. The molecule has 7 rings (SSSR count). The van der Waals surface area contributed by atoms with Crippen LogP contribution in [0.15, 0.2) is 112 Å². The monoisotopic (exact) mass is 1050 g/mol. The molecule has 1 atom stereocenters. The molecule has 1 unspecified atom stereocenters. The summed E-state index contributed by atoms with van der Waals surface area (Å²) in [5, 5.41) is 0. The summed E-state index contributed by atoms with van der Waals surface area (Å²) < 4.78 is 83.6. The maximum absolute atomic E-state index is 13.2. The summed E-state index contributed by atoms with van der Waals surface area (Å²) in [5.74, 6) is 8.53. The van der Waals surface area contributed by atoms with E-state index in [1.54, 1.807) is 37.4 Å². The van der Waals surface area contributed by atoms with Crippen LogP contribution in [-0.2, 0) is 29.7 Å². The molecular weight excluding hydrogens is 998 g/mol. The number of benzene rings is 4. The number of ketones is 2. The number of rotatable bonds is 9. The van der Waals surface area contributed by atoms with E-state index in [2.05, 4.69) is 53.1 Å². The van der Waals surface area contributed by atoms with Crippen LogP contribution in [0, 0.1) is 36.0 Å². The van der Waals surface area contributed by atoms with E-state index in [0.29, 0.717) is 27.4 Å². The molecule has 2 saturated carbocycles. The molecule has 4 aromatic carbocycles. The number of likely N-dealkylation sites (N-methyl/N-ethyl adjacent to an activating group) is 1. The van der Waals surface area contributed by atoms with Crippen molar-refractivity contribution in [1.29, 1.82) is 0 Å². The molecule has 1 aliphatic heterocycles. The second kappa shape index (κ2) is 32.1. The maximum atomic E-state index is 13.2. The van der Waals surface area contributed by atoms with E-state index in [4.69, 9.17) is 36.6 Å². The van der Waals surface area contributed by atoms with Crippen molar-refractivity contribution in [3.8, 4) is 35.7 Å². The summed E-state index contributed by atoms with van der Waals surface area (Å²) in [6, 6.07) is 24.6. The minimum atomic E-state index is -3.11. The zero-order chi connectivity index (χ0) is 47.6. The number of terminal acetylenes is 1. The Morgan fingerprint density at radius 2 is 1.31 bits per heavy atom. The van der Waals surface area contributed by atoms with Crippen molar-refractivity contribution >= 4 is 56.3 Å². The number of hydrogen-bond acceptors (Lipinski definition) is 12. The van der Waals surface area contributed by atoms with Gasteiger partial charge in [-0.3, -0.25) is 24.3 Å². The average molecular weight is 1050 g/mol. The topological polar surface area (TPSA) is 233 Å². The first kappa shape index (κ1) is 65.3. The minimum Gasteiger partial charge on any atom is -0.917 e. The molecule has 22 heteroatoms. The molecule has 68 heavy (non-hydrogen) atoms. The molecule has 0 saturated heterocycles. The predicted octanol–water partition coefficient (Wildman–Crippen LogP) is 1.82. The van der Waals surface area contributed by atoms with E-state index >= 15 is 0 Å². The Hall–Kier alpha value is -4.74. The molecule has 0 radical (unpaired) electrons. The van der Waals surface area contributed by atoms with E-state index in [1.807, 2.05) is 18.2 Å². The van der Waals surface area contributed by atoms with E-state index in [9.17, 15) is 31.9 Å². The Morgan fingerprint density at radius 1 is 0.838 bits per heavy atom. The largest absolute Gasteiger partial charge is 1.00 e. The summed E-state index contributed by atoms with van der Waals surface area (Å²) >= 11 is 3.22. The van der Waals surface area contributed by atoms with Crippen LogP contribution in [0.5, 0.6) is 11.5 Å². The quantitative estimate of drug-likeness (QED) is 0.0209. The first-order valence-corrected chi connectivity index (χ1v) is 20.5. The zero-order valence-electron chi connectivity index (χ0n) is 36.1. The predicted molar refractivity (Wildman–Crippen MR) is 246 cm³/mol. The van der Waals surface area contributed by atoms with Gasteiger partial charge in [-0.15, -0.1) is 12.3 Å². The van der Waals surface area contributed by atoms with E-state index < -0.39 is 41.3 Å². The number of amides is 1. The third-order valence-corrected chi connectivity index (χ3v) is 9.21. The van der Waals surface area contributed by atoms with Crippen molar-refractivity contribution in [2.75, 3.05) is 14.1 Å². The molecule has 14 nitrogen and oxygen atoms in total. The van der Waals surface area contributed by atoms with Gasteiger partial charge in [0.15, 0.2) is 17.5 Å². The number of nitrogens with two attached hydrogens (primary N) is 3. The Bertz CT molecular complexity index is 2500. The van der Waals surface area contributed by atoms with Crippen molar-refractivity contribution in [3.63, 3.8) is 0 Å². The Labute approximate surface area is 448 Å². The Balaban J connectivity index is 0. The number of carbonyl (C=O) groups is 3. The zero-order valence-corrected chi connectivity index (χ0v) is 42.5. The number of carbonyl (C=O) groups excluding carboxylic acids is 3. The maximum Gasteiger partial charge on any atom is 1.00 e. The van der Waals surface area contributed by atoms with Gasteiger partial charge in [0.2, 0.25) is 11.6 Å². The van der Waals surface area contributed by atoms with Crippen LogP contribution >= 0.6 is 15.9 Å². The van der Waals surface area contributed by atoms with Gasteiger partial charge >= 0.3 is 72.3 Å². The van der Waals surface area contributed by atoms with Gasteiger partial charge in [-0.05, 0) is 97.5 Å². The molecule has 3 aliphatic rings. The molecule has 0 bridgehead atoms. The fourth-order valence-electron chi connectivity index (χ4n) is 5.23. The molecule has 4 aromatic rings. The van der Waals surface area contributed by atoms with Crippen LogP contribution in [0.3, 0.4) is 0 Å². The minimum absolute atomic E-state index is 0. The molecular formula is C46H49BrF4N6Na2O8S. The second-order valence-electron chi connectivity index (χ2n) is 13.4. The summed E-state index contributed by atoms with van der Waals surface area (Å²) in [4.78, 5) is 46.4. The summed E-state index contributed by atoms with van der Waals surface area (Å²) in [6.07, 6.45) is 9.77. The van der Waals surface area contributed by atoms with Crippen LogP contribution in [0.4, 0.5) is 17.6 Å². The normalized spacial score (nSPS) is 14.8. The van der Waals surface area contributed by atoms with Gasteiger partial charge in [-0.1, -0.05) is 79.0 Å². The molecule has 354 valence electrons. The molecule has 0 spiro atoms. The Morgan fingerprint density at radius 3 is 1.71 bits per heavy atom. The molecule has 0 aromatic heterocycles. The number of aliphatic imine (C=N–C) groups is 2. The van der Waals surface area contributed by atoms with Gasteiger partial charge in [0.25, 0.3) is 5.91 Å². The molecule has 2 aliphatic carbocycles. The van der Waals surface area contributed by atoms with Gasteiger partial charge in [0, 0.05) is 47.1 Å².